The van der Waals surface area contributed by atoms with Crippen LogP contribution in [-0.2, 0) is 13.0 Å². The molecular formula is C18H16FN3OS. The Bertz CT molecular complexity index is 869. The van der Waals surface area contributed by atoms with E-state index in [1.807, 2.05) is 17.6 Å². The van der Waals surface area contributed by atoms with E-state index in [1.54, 1.807) is 18.3 Å². The van der Waals surface area contributed by atoms with E-state index >= 15 is 0 Å². The summed E-state index contributed by atoms with van der Waals surface area (Å²) in [5.41, 5.74) is 1.69. The number of halogens is 1. The molecule has 0 bridgehead atoms. The molecule has 1 aliphatic heterocycles. The van der Waals surface area contributed by atoms with Crippen molar-refractivity contribution >= 4 is 17.2 Å². The summed E-state index contributed by atoms with van der Waals surface area (Å²) >= 11 is 1.41. The van der Waals surface area contributed by atoms with Crippen molar-refractivity contribution in [2.45, 2.75) is 25.4 Å². The first-order valence-electron chi connectivity index (χ1n) is 7.85. The summed E-state index contributed by atoms with van der Waals surface area (Å²) in [6.45, 7) is 0.748. The van der Waals surface area contributed by atoms with Crippen molar-refractivity contribution in [1.82, 2.24) is 14.9 Å². The van der Waals surface area contributed by atoms with Crippen LogP contribution in [0.1, 0.15) is 21.9 Å². The van der Waals surface area contributed by atoms with Gasteiger partial charge in [-0.3, -0.25) is 4.79 Å². The lowest BCUT2D eigenvalue weighted by Crippen LogP contribution is -2.40. The summed E-state index contributed by atoms with van der Waals surface area (Å²) in [6, 6.07) is 8.23. The molecule has 24 heavy (non-hydrogen) atoms. The highest BCUT2D eigenvalue weighted by Gasteiger charge is 2.22. The van der Waals surface area contributed by atoms with Crippen LogP contribution in [0.15, 0.2) is 48.1 Å². The molecule has 0 saturated carbocycles. The van der Waals surface area contributed by atoms with Crippen molar-refractivity contribution < 1.29 is 9.18 Å². The standard InChI is InChI=1S/C18H16FN3OS/c19-13-3-1-12(2-4-13)15-7-10-24-17(15)18(23)21-14-5-6-16-20-8-9-22(16)11-14/h1-4,7-10,14H,5-6,11H2,(H,21,23). The SMILES string of the molecule is O=C(NC1CCc2nccn2C1)c1sccc1-c1ccc(F)cc1. The molecule has 4 rings (SSSR count). The summed E-state index contributed by atoms with van der Waals surface area (Å²) in [5, 5.41) is 5.01. The van der Waals surface area contributed by atoms with E-state index in [4.69, 9.17) is 0 Å². The summed E-state index contributed by atoms with van der Waals surface area (Å²) in [4.78, 5) is 17.7. The number of nitrogens with one attached hydrogen (secondary N) is 1. The van der Waals surface area contributed by atoms with Gasteiger partial charge in [0.1, 0.15) is 11.6 Å². The summed E-state index contributed by atoms with van der Waals surface area (Å²) in [5.74, 6) is 0.722. The molecule has 122 valence electrons. The predicted octanol–water partition coefficient (Wildman–Crippen LogP) is 3.50. The van der Waals surface area contributed by atoms with E-state index < -0.39 is 0 Å². The second kappa shape index (κ2) is 6.20. The van der Waals surface area contributed by atoms with Crippen LogP contribution in [-0.4, -0.2) is 21.5 Å². The van der Waals surface area contributed by atoms with Gasteiger partial charge in [-0.1, -0.05) is 12.1 Å². The minimum absolute atomic E-state index is 0.0714. The Balaban J connectivity index is 1.52. The van der Waals surface area contributed by atoms with Crippen LogP contribution >= 0.6 is 11.3 Å². The number of carbonyl (C=O) groups is 1. The zero-order valence-electron chi connectivity index (χ0n) is 12.9. The molecule has 0 fully saturated rings. The van der Waals surface area contributed by atoms with Crippen molar-refractivity contribution in [3.8, 4) is 11.1 Å². The zero-order chi connectivity index (χ0) is 16.5. The van der Waals surface area contributed by atoms with Crippen LogP contribution in [0.5, 0.6) is 0 Å². The van der Waals surface area contributed by atoms with Crippen molar-refractivity contribution in [2.75, 3.05) is 0 Å². The lowest BCUT2D eigenvalue weighted by Gasteiger charge is -2.24. The number of hydrogen-bond acceptors (Lipinski definition) is 3. The summed E-state index contributed by atoms with van der Waals surface area (Å²) in [7, 11) is 0. The predicted molar refractivity (Wildman–Crippen MR) is 91.5 cm³/mol. The van der Waals surface area contributed by atoms with Gasteiger partial charge in [-0.2, -0.15) is 0 Å². The first-order valence-corrected chi connectivity index (χ1v) is 8.73. The van der Waals surface area contributed by atoms with Crippen molar-refractivity contribution in [1.29, 1.82) is 0 Å². The Hall–Kier alpha value is -2.47. The van der Waals surface area contributed by atoms with E-state index in [9.17, 15) is 9.18 Å². The van der Waals surface area contributed by atoms with Gasteiger partial charge in [-0.25, -0.2) is 9.37 Å². The Kier molecular flexibility index (Phi) is 3.90. The molecule has 1 unspecified atom stereocenters. The maximum absolute atomic E-state index is 13.1. The van der Waals surface area contributed by atoms with E-state index in [0.29, 0.717) is 4.88 Å². The minimum atomic E-state index is -0.279. The zero-order valence-corrected chi connectivity index (χ0v) is 13.7. The topological polar surface area (TPSA) is 46.9 Å². The van der Waals surface area contributed by atoms with Crippen LogP contribution in [0.2, 0.25) is 0 Å². The Morgan fingerprint density at radius 1 is 1.29 bits per heavy atom. The van der Waals surface area contributed by atoms with Gasteiger partial charge in [0.05, 0.1) is 4.88 Å². The number of aromatic nitrogens is 2. The minimum Gasteiger partial charge on any atom is -0.347 e. The van der Waals surface area contributed by atoms with Crippen molar-refractivity contribution in [3.63, 3.8) is 0 Å². The normalized spacial score (nSPS) is 16.6. The number of aryl methyl sites for hydroxylation is 1. The molecule has 0 aliphatic carbocycles. The number of hydrogen-bond donors (Lipinski definition) is 1. The smallest absolute Gasteiger partial charge is 0.262 e. The maximum Gasteiger partial charge on any atom is 0.262 e. The average molecular weight is 341 g/mol. The van der Waals surface area contributed by atoms with Crippen molar-refractivity contribution in [3.05, 3.63) is 64.6 Å². The molecule has 1 N–H and O–H groups in total. The molecule has 3 heterocycles. The fourth-order valence-corrected chi connectivity index (χ4v) is 3.90. The highest BCUT2D eigenvalue weighted by atomic mass is 32.1. The highest BCUT2D eigenvalue weighted by Crippen LogP contribution is 2.28. The van der Waals surface area contributed by atoms with Crippen LogP contribution < -0.4 is 5.32 Å². The van der Waals surface area contributed by atoms with Gasteiger partial charge >= 0.3 is 0 Å². The third-order valence-electron chi connectivity index (χ3n) is 4.30. The molecule has 2 aromatic heterocycles. The Morgan fingerprint density at radius 3 is 2.96 bits per heavy atom. The Labute approximate surface area is 143 Å². The fourth-order valence-electron chi connectivity index (χ4n) is 3.08. The molecule has 1 amide bonds. The summed E-state index contributed by atoms with van der Waals surface area (Å²) in [6.07, 6.45) is 5.50. The molecule has 4 nitrogen and oxygen atoms in total. The average Bonchev–Trinajstić information content (AvgIpc) is 3.24. The third-order valence-corrected chi connectivity index (χ3v) is 5.21. The number of benzene rings is 1. The molecule has 0 saturated heterocycles. The number of thiophene rings is 1. The first-order chi connectivity index (χ1) is 11.7. The van der Waals surface area contributed by atoms with E-state index in [1.165, 1.54) is 23.5 Å². The maximum atomic E-state index is 13.1. The number of rotatable bonds is 3. The van der Waals surface area contributed by atoms with Gasteiger partial charge in [0.15, 0.2) is 0 Å². The third kappa shape index (κ3) is 2.85. The lowest BCUT2D eigenvalue weighted by atomic mass is 10.0. The number of imidazole rings is 1. The molecule has 1 atom stereocenters. The molecule has 1 aromatic carbocycles. The Morgan fingerprint density at radius 2 is 2.12 bits per heavy atom. The van der Waals surface area contributed by atoms with Crippen LogP contribution in [0, 0.1) is 5.82 Å². The lowest BCUT2D eigenvalue weighted by molar-refractivity contribution is 0.0932. The molecular weight excluding hydrogens is 325 g/mol. The van der Waals surface area contributed by atoms with Gasteiger partial charge in [-0.15, -0.1) is 11.3 Å². The molecule has 3 aromatic rings. The number of fused-ring (bicyclic) bond motifs is 1. The van der Waals surface area contributed by atoms with E-state index in [-0.39, 0.29) is 17.8 Å². The van der Waals surface area contributed by atoms with Crippen molar-refractivity contribution in [2.24, 2.45) is 0 Å². The van der Waals surface area contributed by atoms with E-state index in [2.05, 4.69) is 14.9 Å². The van der Waals surface area contributed by atoms with Gasteiger partial charge in [0, 0.05) is 37.0 Å². The second-order valence-corrected chi connectivity index (χ2v) is 6.79. The monoisotopic (exact) mass is 341 g/mol. The number of amides is 1. The van der Waals surface area contributed by atoms with Crippen LogP contribution in [0.25, 0.3) is 11.1 Å². The van der Waals surface area contributed by atoms with E-state index in [0.717, 1.165) is 36.3 Å². The molecule has 0 spiro atoms. The summed E-state index contributed by atoms with van der Waals surface area (Å²) < 4.78 is 15.2. The molecule has 1 aliphatic rings. The van der Waals surface area contributed by atoms with Gasteiger partial charge in [-0.05, 0) is 35.6 Å². The van der Waals surface area contributed by atoms with Gasteiger partial charge in [0.2, 0.25) is 0 Å². The fraction of sp³-hybridized carbons (Fsp3) is 0.222. The van der Waals surface area contributed by atoms with Gasteiger partial charge < -0.3 is 9.88 Å². The molecule has 0 radical (unpaired) electrons. The quantitative estimate of drug-likeness (QED) is 0.793. The number of nitrogens with zero attached hydrogens (tertiary/aromatic N) is 2. The van der Waals surface area contributed by atoms with Crippen LogP contribution in [0.4, 0.5) is 4.39 Å². The van der Waals surface area contributed by atoms with Gasteiger partial charge in [0.25, 0.3) is 5.91 Å². The first kappa shape index (κ1) is 15.1. The largest absolute Gasteiger partial charge is 0.347 e. The molecule has 6 heteroatoms. The highest BCUT2D eigenvalue weighted by molar-refractivity contribution is 7.12. The van der Waals surface area contributed by atoms with Crippen LogP contribution in [0.3, 0.4) is 0 Å². The number of carbonyl (C=O) groups excluding carboxylic acids is 1. The second-order valence-electron chi connectivity index (χ2n) is 5.88.